The summed E-state index contributed by atoms with van der Waals surface area (Å²) in [6.07, 6.45) is 1.63. The Morgan fingerprint density at radius 2 is 2.00 bits per heavy atom. The van der Waals surface area contributed by atoms with Crippen LogP contribution in [0.2, 0.25) is 0 Å². The summed E-state index contributed by atoms with van der Waals surface area (Å²) >= 11 is 1.50. The van der Waals surface area contributed by atoms with Crippen LogP contribution in [0.5, 0.6) is 0 Å². The molecule has 0 N–H and O–H groups in total. The van der Waals surface area contributed by atoms with E-state index in [4.69, 9.17) is 8.94 Å². The van der Waals surface area contributed by atoms with Crippen LogP contribution in [0, 0.1) is 0 Å². The number of rotatable bonds is 6. The van der Waals surface area contributed by atoms with Crippen LogP contribution in [0.4, 0.5) is 0 Å². The fourth-order valence-corrected chi connectivity index (χ4v) is 2.96. The summed E-state index contributed by atoms with van der Waals surface area (Å²) in [5.74, 6) is 2.17. The zero-order valence-electron chi connectivity index (χ0n) is 12.6. The zero-order valence-corrected chi connectivity index (χ0v) is 13.4. The second-order valence-electron chi connectivity index (χ2n) is 5.04. The lowest BCUT2D eigenvalue weighted by Gasteiger charge is -2.00. The van der Waals surface area contributed by atoms with Gasteiger partial charge in [-0.1, -0.05) is 47.3 Å². The van der Waals surface area contributed by atoms with Gasteiger partial charge in [0.2, 0.25) is 5.16 Å². The molecular formula is C16H13N5O2S. The third kappa shape index (κ3) is 3.23. The van der Waals surface area contributed by atoms with Crippen molar-refractivity contribution in [3.63, 3.8) is 0 Å². The van der Waals surface area contributed by atoms with Crippen molar-refractivity contribution in [1.29, 1.82) is 0 Å². The number of hydrogen-bond donors (Lipinski definition) is 0. The summed E-state index contributed by atoms with van der Waals surface area (Å²) in [6, 6.07) is 15.5. The van der Waals surface area contributed by atoms with Gasteiger partial charge in [-0.05, 0) is 22.6 Å². The summed E-state index contributed by atoms with van der Waals surface area (Å²) in [4.78, 5) is 0. The van der Waals surface area contributed by atoms with E-state index in [2.05, 4.69) is 20.7 Å². The number of tetrazole rings is 1. The molecule has 0 saturated carbocycles. The molecule has 4 aromatic rings. The maximum atomic E-state index is 5.40. The molecule has 0 unspecified atom stereocenters. The average Bonchev–Trinajstić information content (AvgIpc) is 3.37. The first-order valence-electron chi connectivity index (χ1n) is 7.31. The lowest BCUT2D eigenvalue weighted by Crippen LogP contribution is -2.03. The van der Waals surface area contributed by atoms with Crippen LogP contribution in [0.1, 0.15) is 11.5 Å². The highest BCUT2D eigenvalue weighted by atomic mass is 32.2. The normalized spacial score (nSPS) is 11.0. The van der Waals surface area contributed by atoms with Crippen LogP contribution in [-0.2, 0) is 12.3 Å². The van der Waals surface area contributed by atoms with E-state index < -0.39 is 0 Å². The van der Waals surface area contributed by atoms with Crippen molar-refractivity contribution in [3.8, 4) is 11.3 Å². The largest absolute Gasteiger partial charge is 0.467 e. The molecule has 3 heterocycles. The van der Waals surface area contributed by atoms with E-state index in [0.29, 0.717) is 17.5 Å². The van der Waals surface area contributed by atoms with E-state index in [1.807, 2.05) is 48.5 Å². The monoisotopic (exact) mass is 339 g/mol. The van der Waals surface area contributed by atoms with Gasteiger partial charge in [-0.15, -0.1) is 5.10 Å². The Balaban J connectivity index is 1.43. The van der Waals surface area contributed by atoms with Gasteiger partial charge in [0.05, 0.1) is 12.0 Å². The van der Waals surface area contributed by atoms with Gasteiger partial charge >= 0.3 is 0 Å². The summed E-state index contributed by atoms with van der Waals surface area (Å²) in [5, 5.41) is 16.6. The number of aromatic nitrogens is 5. The Hall–Kier alpha value is -2.87. The number of thioether (sulfide) groups is 1. The van der Waals surface area contributed by atoms with Crippen LogP contribution in [0.3, 0.4) is 0 Å². The molecule has 0 amide bonds. The van der Waals surface area contributed by atoms with E-state index >= 15 is 0 Å². The van der Waals surface area contributed by atoms with Gasteiger partial charge < -0.3 is 8.94 Å². The fraction of sp³-hybridized carbons (Fsp3) is 0.125. The van der Waals surface area contributed by atoms with E-state index in [1.54, 1.807) is 10.9 Å². The minimum absolute atomic E-state index is 0.496. The summed E-state index contributed by atoms with van der Waals surface area (Å²) < 4.78 is 12.4. The highest BCUT2D eigenvalue weighted by Gasteiger charge is 2.12. The van der Waals surface area contributed by atoms with Gasteiger partial charge in [0.25, 0.3) is 0 Å². The predicted molar refractivity (Wildman–Crippen MR) is 87.1 cm³/mol. The molecule has 0 aliphatic heterocycles. The van der Waals surface area contributed by atoms with Crippen LogP contribution in [0.25, 0.3) is 11.3 Å². The van der Waals surface area contributed by atoms with Crippen molar-refractivity contribution in [3.05, 3.63) is 66.2 Å². The molecule has 0 radical (unpaired) electrons. The molecule has 8 heteroatoms. The molecule has 120 valence electrons. The van der Waals surface area contributed by atoms with Crippen molar-refractivity contribution in [2.75, 3.05) is 0 Å². The summed E-state index contributed by atoms with van der Waals surface area (Å²) in [5.41, 5.74) is 1.84. The van der Waals surface area contributed by atoms with Gasteiger partial charge in [-0.2, -0.15) is 0 Å². The molecule has 3 aromatic heterocycles. The second kappa shape index (κ2) is 6.71. The molecule has 0 fully saturated rings. The molecule has 7 nitrogen and oxygen atoms in total. The number of nitrogens with zero attached hydrogens (tertiary/aromatic N) is 5. The standard InChI is InChI=1S/C16H13N5O2S/c1-2-5-12(6-3-1)15-9-13(18-23-15)11-24-16-17-19-20-21(16)10-14-7-4-8-22-14/h1-9H,10-11H2. The van der Waals surface area contributed by atoms with Gasteiger partial charge in [0, 0.05) is 17.4 Å². The van der Waals surface area contributed by atoms with Gasteiger partial charge in [0.15, 0.2) is 5.76 Å². The Labute approximate surface area is 141 Å². The molecule has 0 saturated heterocycles. The third-order valence-electron chi connectivity index (χ3n) is 3.35. The molecule has 1 aromatic carbocycles. The molecule has 0 aliphatic rings. The van der Waals surface area contributed by atoms with E-state index in [-0.39, 0.29) is 0 Å². The van der Waals surface area contributed by atoms with Gasteiger partial charge in [0.1, 0.15) is 12.3 Å². The van der Waals surface area contributed by atoms with E-state index in [0.717, 1.165) is 22.8 Å². The molecule has 24 heavy (non-hydrogen) atoms. The van der Waals surface area contributed by atoms with Crippen molar-refractivity contribution in [2.24, 2.45) is 0 Å². The number of hydrogen-bond acceptors (Lipinski definition) is 7. The zero-order chi connectivity index (χ0) is 16.2. The SMILES string of the molecule is c1ccc(-c2cc(CSc3nnnn3Cc3ccco3)no2)cc1. The Bertz CT molecular complexity index is 902. The molecule has 0 aliphatic carbocycles. The van der Waals surface area contributed by atoms with Gasteiger partial charge in [-0.25, -0.2) is 4.68 Å². The topological polar surface area (TPSA) is 82.8 Å². The maximum absolute atomic E-state index is 5.40. The van der Waals surface area contributed by atoms with Crippen LogP contribution < -0.4 is 0 Å². The minimum Gasteiger partial charge on any atom is -0.467 e. The molecule has 0 atom stereocenters. The number of furan rings is 1. The van der Waals surface area contributed by atoms with Crippen molar-refractivity contribution in [1.82, 2.24) is 25.4 Å². The summed E-state index contributed by atoms with van der Waals surface area (Å²) in [6.45, 7) is 0.496. The lowest BCUT2D eigenvalue weighted by molar-refractivity contribution is 0.426. The smallest absolute Gasteiger partial charge is 0.210 e. The first-order valence-corrected chi connectivity index (χ1v) is 8.29. The summed E-state index contributed by atoms with van der Waals surface area (Å²) in [7, 11) is 0. The Morgan fingerprint density at radius 3 is 2.83 bits per heavy atom. The van der Waals surface area contributed by atoms with Crippen LogP contribution in [0.15, 0.2) is 68.9 Å². The number of benzene rings is 1. The highest BCUT2D eigenvalue weighted by Crippen LogP contribution is 2.24. The maximum Gasteiger partial charge on any atom is 0.210 e. The average molecular weight is 339 g/mol. The molecular weight excluding hydrogens is 326 g/mol. The first kappa shape index (κ1) is 14.7. The Kier molecular flexibility index (Phi) is 4.11. The lowest BCUT2D eigenvalue weighted by atomic mass is 10.2. The molecule has 0 spiro atoms. The highest BCUT2D eigenvalue weighted by molar-refractivity contribution is 7.98. The molecule has 4 rings (SSSR count). The van der Waals surface area contributed by atoms with Crippen LogP contribution >= 0.6 is 11.8 Å². The Morgan fingerprint density at radius 1 is 1.08 bits per heavy atom. The van der Waals surface area contributed by atoms with Crippen molar-refractivity contribution >= 4 is 11.8 Å². The predicted octanol–water partition coefficient (Wildman–Crippen LogP) is 3.26. The van der Waals surface area contributed by atoms with Crippen LogP contribution in [-0.4, -0.2) is 25.4 Å². The van der Waals surface area contributed by atoms with Crippen molar-refractivity contribution in [2.45, 2.75) is 17.5 Å². The quantitative estimate of drug-likeness (QED) is 0.499. The second-order valence-corrected chi connectivity index (χ2v) is 5.98. The van der Waals surface area contributed by atoms with E-state index in [1.165, 1.54) is 11.8 Å². The minimum atomic E-state index is 0.496. The first-order chi connectivity index (χ1) is 11.9. The van der Waals surface area contributed by atoms with Crippen molar-refractivity contribution < 1.29 is 8.94 Å². The molecule has 0 bridgehead atoms. The van der Waals surface area contributed by atoms with E-state index in [9.17, 15) is 0 Å². The third-order valence-corrected chi connectivity index (χ3v) is 4.34. The van der Waals surface area contributed by atoms with Gasteiger partial charge in [-0.3, -0.25) is 0 Å². The fourth-order valence-electron chi connectivity index (χ4n) is 2.21.